The molecule has 1 aliphatic rings. The van der Waals surface area contributed by atoms with Crippen molar-refractivity contribution in [2.75, 3.05) is 11.1 Å². The van der Waals surface area contributed by atoms with E-state index < -0.39 is 0 Å². The van der Waals surface area contributed by atoms with Crippen molar-refractivity contribution in [1.82, 2.24) is 0 Å². The van der Waals surface area contributed by atoms with Crippen LogP contribution in [0.2, 0.25) is 0 Å². The van der Waals surface area contributed by atoms with Gasteiger partial charge in [-0.2, -0.15) is 0 Å². The molecule has 0 spiro atoms. The van der Waals surface area contributed by atoms with Gasteiger partial charge in [0.05, 0.1) is 18.0 Å². The maximum atomic E-state index is 9.00. The zero-order chi connectivity index (χ0) is 11.4. The van der Waals surface area contributed by atoms with E-state index in [0.717, 1.165) is 16.9 Å². The number of hydrogen-bond acceptors (Lipinski definition) is 3. The molecule has 0 unspecified atom stereocenters. The largest absolute Gasteiger partial charge is 0.397 e. The lowest BCUT2D eigenvalue weighted by Crippen LogP contribution is -2.22. The quantitative estimate of drug-likeness (QED) is 0.686. The van der Waals surface area contributed by atoms with Crippen molar-refractivity contribution in [2.24, 2.45) is 0 Å². The first-order chi connectivity index (χ1) is 7.79. The Morgan fingerprint density at radius 2 is 2.00 bits per heavy atom. The summed E-state index contributed by atoms with van der Waals surface area (Å²) in [6.07, 6.45) is 6.46. The lowest BCUT2D eigenvalue weighted by molar-refractivity contribution is 0.282. The van der Waals surface area contributed by atoms with Gasteiger partial charge in [-0.25, -0.2) is 0 Å². The Bertz CT molecular complexity index is 346. The number of nitrogens with two attached hydrogens (primary N) is 1. The van der Waals surface area contributed by atoms with E-state index >= 15 is 0 Å². The molecule has 88 valence electrons. The van der Waals surface area contributed by atoms with Gasteiger partial charge >= 0.3 is 0 Å². The Labute approximate surface area is 96.7 Å². The van der Waals surface area contributed by atoms with Gasteiger partial charge in [-0.3, -0.25) is 0 Å². The minimum absolute atomic E-state index is 0.0495. The van der Waals surface area contributed by atoms with Crippen molar-refractivity contribution in [1.29, 1.82) is 0 Å². The fourth-order valence-electron chi connectivity index (χ4n) is 2.31. The average molecular weight is 220 g/mol. The molecule has 1 saturated carbocycles. The summed E-state index contributed by atoms with van der Waals surface area (Å²) in [5.74, 6) is 0. The van der Waals surface area contributed by atoms with E-state index in [1.807, 2.05) is 18.2 Å². The molecule has 1 fully saturated rings. The highest BCUT2D eigenvalue weighted by Crippen LogP contribution is 2.25. The molecule has 1 aliphatic carbocycles. The van der Waals surface area contributed by atoms with Crippen LogP contribution in [0, 0.1) is 0 Å². The van der Waals surface area contributed by atoms with E-state index in [2.05, 4.69) is 5.32 Å². The fourth-order valence-corrected chi connectivity index (χ4v) is 2.31. The topological polar surface area (TPSA) is 58.3 Å². The van der Waals surface area contributed by atoms with Crippen LogP contribution in [-0.4, -0.2) is 11.1 Å². The molecule has 16 heavy (non-hydrogen) atoms. The van der Waals surface area contributed by atoms with Gasteiger partial charge in [0, 0.05) is 6.04 Å². The highest BCUT2D eigenvalue weighted by molar-refractivity contribution is 5.67. The van der Waals surface area contributed by atoms with E-state index in [1.165, 1.54) is 32.1 Å². The van der Waals surface area contributed by atoms with Crippen LogP contribution in [0.3, 0.4) is 0 Å². The number of nitrogen functional groups attached to an aromatic ring is 1. The summed E-state index contributed by atoms with van der Waals surface area (Å²) in [7, 11) is 0. The normalized spacial score (nSPS) is 17.3. The summed E-state index contributed by atoms with van der Waals surface area (Å²) in [6, 6.07) is 6.29. The van der Waals surface area contributed by atoms with Gasteiger partial charge in [0.2, 0.25) is 0 Å². The predicted molar refractivity (Wildman–Crippen MR) is 67.3 cm³/mol. The molecule has 0 aromatic heterocycles. The molecule has 3 nitrogen and oxygen atoms in total. The smallest absolute Gasteiger partial charge is 0.0682 e. The Morgan fingerprint density at radius 1 is 1.25 bits per heavy atom. The first-order valence-corrected chi connectivity index (χ1v) is 6.05. The number of aliphatic hydroxyl groups excluding tert-OH is 1. The van der Waals surface area contributed by atoms with Crippen LogP contribution in [0.1, 0.15) is 37.7 Å². The summed E-state index contributed by atoms with van der Waals surface area (Å²) in [5.41, 5.74) is 8.55. The zero-order valence-corrected chi connectivity index (χ0v) is 9.58. The summed E-state index contributed by atoms with van der Waals surface area (Å²) in [5, 5.41) is 12.5. The fraction of sp³-hybridized carbons (Fsp3) is 0.538. The second-order valence-electron chi connectivity index (χ2n) is 4.56. The standard InChI is InChI=1S/C13H20N2O/c14-12-8-10(9-16)6-7-13(12)15-11-4-2-1-3-5-11/h6-8,11,15-16H,1-5,9,14H2. The molecule has 1 aromatic rings. The van der Waals surface area contributed by atoms with Crippen LogP contribution in [0.15, 0.2) is 18.2 Å². The van der Waals surface area contributed by atoms with Crippen LogP contribution >= 0.6 is 0 Å². The van der Waals surface area contributed by atoms with Crippen LogP contribution < -0.4 is 11.1 Å². The first-order valence-electron chi connectivity index (χ1n) is 6.05. The predicted octanol–water partition coefficient (Wildman–Crippen LogP) is 2.51. The second kappa shape index (κ2) is 5.21. The molecule has 0 radical (unpaired) electrons. The van der Waals surface area contributed by atoms with Crippen molar-refractivity contribution in [3.63, 3.8) is 0 Å². The van der Waals surface area contributed by atoms with Crippen LogP contribution in [-0.2, 0) is 6.61 Å². The molecule has 0 bridgehead atoms. The van der Waals surface area contributed by atoms with Crippen molar-refractivity contribution in [3.05, 3.63) is 23.8 Å². The third kappa shape index (κ3) is 2.67. The summed E-state index contributed by atoms with van der Waals surface area (Å²) >= 11 is 0. The average Bonchev–Trinajstić information content (AvgIpc) is 2.33. The minimum atomic E-state index is 0.0495. The van der Waals surface area contributed by atoms with E-state index in [-0.39, 0.29) is 6.61 Å². The van der Waals surface area contributed by atoms with Gasteiger partial charge in [-0.05, 0) is 30.5 Å². The van der Waals surface area contributed by atoms with Crippen LogP contribution in [0.4, 0.5) is 11.4 Å². The van der Waals surface area contributed by atoms with E-state index in [9.17, 15) is 0 Å². The molecule has 4 N–H and O–H groups in total. The number of hydrogen-bond donors (Lipinski definition) is 3. The zero-order valence-electron chi connectivity index (χ0n) is 9.58. The minimum Gasteiger partial charge on any atom is -0.397 e. The first kappa shape index (κ1) is 11.3. The highest BCUT2D eigenvalue weighted by Gasteiger charge is 2.13. The van der Waals surface area contributed by atoms with Crippen molar-refractivity contribution in [2.45, 2.75) is 44.8 Å². The monoisotopic (exact) mass is 220 g/mol. The number of aliphatic hydroxyl groups is 1. The molecule has 1 aromatic carbocycles. The number of nitrogens with one attached hydrogen (secondary N) is 1. The Hall–Kier alpha value is -1.22. The summed E-state index contributed by atoms with van der Waals surface area (Å²) < 4.78 is 0. The van der Waals surface area contributed by atoms with Crippen LogP contribution in [0.25, 0.3) is 0 Å². The Kier molecular flexibility index (Phi) is 3.67. The van der Waals surface area contributed by atoms with Gasteiger partial charge in [0.15, 0.2) is 0 Å². The molecule has 0 atom stereocenters. The van der Waals surface area contributed by atoms with E-state index in [0.29, 0.717) is 6.04 Å². The summed E-state index contributed by atoms with van der Waals surface area (Å²) in [4.78, 5) is 0. The van der Waals surface area contributed by atoms with Gasteiger partial charge in [0.25, 0.3) is 0 Å². The van der Waals surface area contributed by atoms with Crippen molar-refractivity contribution < 1.29 is 5.11 Å². The van der Waals surface area contributed by atoms with Gasteiger partial charge in [-0.15, -0.1) is 0 Å². The Balaban J connectivity index is 2.03. The lowest BCUT2D eigenvalue weighted by atomic mass is 9.95. The maximum Gasteiger partial charge on any atom is 0.0682 e. The lowest BCUT2D eigenvalue weighted by Gasteiger charge is -2.24. The third-order valence-corrected chi connectivity index (χ3v) is 3.26. The van der Waals surface area contributed by atoms with E-state index in [4.69, 9.17) is 10.8 Å². The number of benzene rings is 1. The third-order valence-electron chi connectivity index (χ3n) is 3.26. The Morgan fingerprint density at radius 3 is 2.62 bits per heavy atom. The molecular formula is C13H20N2O. The SMILES string of the molecule is Nc1cc(CO)ccc1NC1CCCCC1. The highest BCUT2D eigenvalue weighted by atomic mass is 16.3. The molecular weight excluding hydrogens is 200 g/mol. The van der Waals surface area contributed by atoms with Gasteiger partial charge < -0.3 is 16.2 Å². The number of rotatable bonds is 3. The molecule has 0 aliphatic heterocycles. The van der Waals surface area contributed by atoms with Gasteiger partial charge in [0.1, 0.15) is 0 Å². The molecule has 0 heterocycles. The molecule has 3 heteroatoms. The maximum absolute atomic E-state index is 9.00. The van der Waals surface area contributed by atoms with Crippen molar-refractivity contribution in [3.8, 4) is 0 Å². The summed E-state index contributed by atoms with van der Waals surface area (Å²) in [6.45, 7) is 0.0495. The van der Waals surface area contributed by atoms with Crippen molar-refractivity contribution >= 4 is 11.4 Å². The number of anilines is 2. The van der Waals surface area contributed by atoms with Crippen LogP contribution in [0.5, 0.6) is 0 Å². The van der Waals surface area contributed by atoms with E-state index in [1.54, 1.807) is 0 Å². The second-order valence-corrected chi connectivity index (χ2v) is 4.56. The molecule has 0 amide bonds. The molecule has 0 saturated heterocycles. The van der Waals surface area contributed by atoms with Gasteiger partial charge in [-0.1, -0.05) is 25.3 Å². The molecule has 2 rings (SSSR count).